The van der Waals surface area contributed by atoms with Gasteiger partial charge in [0.1, 0.15) is 10.7 Å². The lowest BCUT2D eigenvalue weighted by molar-refractivity contribution is -0.140. The van der Waals surface area contributed by atoms with E-state index in [-0.39, 0.29) is 17.9 Å². The average molecular weight is 403 g/mol. The van der Waals surface area contributed by atoms with Gasteiger partial charge in [0.05, 0.1) is 12.5 Å². The highest BCUT2D eigenvalue weighted by atomic mass is 35.5. The van der Waals surface area contributed by atoms with Crippen LogP contribution < -0.4 is 5.56 Å². The molecule has 0 radical (unpaired) electrons. The third-order valence-electron chi connectivity index (χ3n) is 4.92. The van der Waals surface area contributed by atoms with Gasteiger partial charge in [0.25, 0.3) is 5.56 Å². The van der Waals surface area contributed by atoms with E-state index in [0.29, 0.717) is 23.8 Å². The number of aromatic nitrogens is 2. The number of carbonyl (C=O) groups excluding carboxylic acids is 1. The molecule has 0 spiro atoms. The summed E-state index contributed by atoms with van der Waals surface area (Å²) in [5.74, 6) is 0.343. The van der Waals surface area contributed by atoms with E-state index in [1.54, 1.807) is 28.0 Å². The Labute approximate surface area is 165 Å². The second kappa shape index (κ2) is 7.44. The summed E-state index contributed by atoms with van der Waals surface area (Å²) in [5.41, 5.74) is 1.98. The molecule has 27 heavy (non-hydrogen) atoms. The van der Waals surface area contributed by atoms with E-state index >= 15 is 0 Å². The molecule has 1 aromatic carbocycles. The normalized spacial score (nSPS) is 13.1. The number of nitrogens with zero attached hydrogens (tertiary/aromatic N) is 2. The Morgan fingerprint density at radius 1 is 1.30 bits per heavy atom. The van der Waals surface area contributed by atoms with Gasteiger partial charge in [0.15, 0.2) is 0 Å². The van der Waals surface area contributed by atoms with E-state index in [0.717, 1.165) is 40.6 Å². The first-order valence-corrected chi connectivity index (χ1v) is 10.2. The van der Waals surface area contributed by atoms with E-state index in [1.807, 2.05) is 12.1 Å². The van der Waals surface area contributed by atoms with Crippen molar-refractivity contribution in [2.24, 2.45) is 0 Å². The van der Waals surface area contributed by atoms with Crippen molar-refractivity contribution in [3.63, 3.8) is 0 Å². The van der Waals surface area contributed by atoms with Crippen molar-refractivity contribution in [3.05, 3.63) is 50.1 Å². The molecule has 5 nitrogen and oxygen atoms in total. The van der Waals surface area contributed by atoms with Gasteiger partial charge in [0.2, 0.25) is 0 Å². The molecule has 1 aliphatic rings. The summed E-state index contributed by atoms with van der Waals surface area (Å²) in [6.45, 7) is 0.416. The van der Waals surface area contributed by atoms with Gasteiger partial charge in [-0.2, -0.15) is 0 Å². The Morgan fingerprint density at radius 2 is 2.07 bits per heavy atom. The molecule has 0 fully saturated rings. The van der Waals surface area contributed by atoms with E-state index in [4.69, 9.17) is 21.3 Å². The zero-order chi connectivity index (χ0) is 19.0. The summed E-state index contributed by atoms with van der Waals surface area (Å²) in [6.07, 6.45) is 3.84. The Bertz CT molecular complexity index is 1070. The van der Waals surface area contributed by atoms with Crippen LogP contribution in [0.3, 0.4) is 0 Å². The first-order chi connectivity index (χ1) is 13.1. The number of carbonyl (C=O) groups is 1. The molecule has 0 saturated heterocycles. The minimum atomic E-state index is -0.276. The zero-order valence-electron chi connectivity index (χ0n) is 15.0. The number of hydrogen-bond donors (Lipinski definition) is 0. The molecule has 4 rings (SSSR count). The Morgan fingerprint density at radius 3 is 2.81 bits per heavy atom. The van der Waals surface area contributed by atoms with Crippen LogP contribution in [0.25, 0.3) is 21.6 Å². The molecule has 1 aliphatic carbocycles. The number of esters is 1. The van der Waals surface area contributed by atoms with Gasteiger partial charge in [-0.15, -0.1) is 11.3 Å². The molecule has 140 valence electrons. The van der Waals surface area contributed by atoms with Crippen LogP contribution in [0, 0.1) is 0 Å². The summed E-state index contributed by atoms with van der Waals surface area (Å²) in [4.78, 5) is 31.7. The second-order valence-corrected chi connectivity index (χ2v) is 8.14. The fourth-order valence-electron chi connectivity index (χ4n) is 3.59. The topological polar surface area (TPSA) is 61.2 Å². The highest BCUT2D eigenvalue weighted by Gasteiger charge is 2.23. The lowest BCUT2D eigenvalue weighted by Crippen LogP contribution is -2.24. The van der Waals surface area contributed by atoms with Crippen LogP contribution in [0.5, 0.6) is 0 Å². The van der Waals surface area contributed by atoms with Crippen LogP contribution in [-0.4, -0.2) is 22.6 Å². The van der Waals surface area contributed by atoms with Crippen LogP contribution in [0.15, 0.2) is 29.1 Å². The van der Waals surface area contributed by atoms with Crippen molar-refractivity contribution in [2.75, 3.05) is 7.11 Å². The van der Waals surface area contributed by atoms with Gasteiger partial charge < -0.3 is 4.74 Å². The molecule has 0 atom stereocenters. The van der Waals surface area contributed by atoms with Crippen LogP contribution in [0.2, 0.25) is 5.02 Å². The van der Waals surface area contributed by atoms with Gasteiger partial charge >= 0.3 is 5.97 Å². The van der Waals surface area contributed by atoms with Crippen LogP contribution in [0.4, 0.5) is 0 Å². The molecule has 7 heteroatoms. The van der Waals surface area contributed by atoms with Crippen LogP contribution in [-0.2, 0) is 28.9 Å². The first kappa shape index (κ1) is 18.2. The highest BCUT2D eigenvalue weighted by molar-refractivity contribution is 7.18. The maximum atomic E-state index is 13.3. The molecule has 0 N–H and O–H groups in total. The minimum absolute atomic E-state index is 0.0192. The van der Waals surface area contributed by atoms with Gasteiger partial charge in [-0.25, -0.2) is 4.98 Å². The fraction of sp³-hybridized carbons (Fsp3) is 0.350. The van der Waals surface area contributed by atoms with Gasteiger partial charge in [-0.1, -0.05) is 11.6 Å². The minimum Gasteiger partial charge on any atom is -0.469 e. The largest absolute Gasteiger partial charge is 0.469 e. The summed E-state index contributed by atoms with van der Waals surface area (Å²) in [7, 11) is 1.37. The molecule has 2 heterocycles. The number of thiophene rings is 1. The Balaban J connectivity index is 1.84. The lowest BCUT2D eigenvalue weighted by Gasteiger charge is -2.13. The highest BCUT2D eigenvalue weighted by Crippen LogP contribution is 2.35. The monoisotopic (exact) mass is 402 g/mol. The Hall–Kier alpha value is -2.18. The van der Waals surface area contributed by atoms with E-state index < -0.39 is 0 Å². The lowest BCUT2D eigenvalue weighted by atomic mass is 10.1. The van der Waals surface area contributed by atoms with E-state index in [2.05, 4.69) is 0 Å². The van der Waals surface area contributed by atoms with Crippen molar-refractivity contribution in [1.82, 2.24) is 9.55 Å². The van der Waals surface area contributed by atoms with Crippen LogP contribution >= 0.6 is 22.9 Å². The number of hydrogen-bond acceptors (Lipinski definition) is 5. The summed E-state index contributed by atoms with van der Waals surface area (Å²) in [5, 5.41) is 1.39. The predicted molar refractivity (Wildman–Crippen MR) is 108 cm³/mol. The maximum absolute atomic E-state index is 13.3. The number of rotatable bonds is 5. The van der Waals surface area contributed by atoms with Crippen molar-refractivity contribution in [2.45, 2.75) is 38.6 Å². The third-order valence-corrected chi connectivity index (χ3v) is 6.36. The standard InChI is InChI=1S/C20H19ClN2O3S/c1-26-16(24)6-3-11-23-18(12-7-9-13(21)10-8-12)22-19-17(20(23)25)14-4-2-5-15(14)27-19/h7-10H,2-6,11H2,1H3. The van der Waals surface area contributed by atoms with Gasteiger partial charge in [0, 0.05) is 28.4 Å². The molecule has 0 aliphatic heterocycles. The number of benzene rings is 1. The van der Waals surface area contributed by atoms with Crippen LogP contribution in [0.1, 0.15) is 29.7 Å². The first-order valence-electron chi connectivity index (χ1n) is 8.96. The number of methoxy groups -OCH3 is 1. The zero-order valence-corrected chi connectivity index (χ0v) is 16.5. The fourth-order valence-corrected chi connectivity index (χ4v) is 4.97. The maximum Gasteiger partial charge on any atom is 0.305 e. The number of halogens is 1. The number of fused-ring (bicyclic) bond motifs is 3. The summed E-state index contributed by atoms with van der Waals surface area (Å²) < 4.78 is 6.40. The Kier molecular flexibility index (Phi) is 5.02. The summed E-state index contributed by atoms with van der Waals surface area (Å²) >= 11 is 7.64. The molecule has 2 aromatic heterocycles. The quantitative estimate of drug-likeness (QED) is 0.599. The number of ether oxygens (including phenoxy) is 1. The molecule has 0 amide bonds. The summed E-state index contributed by atoms with van der Waals surface area (Å²) in [6, 6.07) is 7.32. The van der Waals surface area contributed by atoms with Crippen molar-refractivity contribution < 1.29 is 9.53 Å². The predicted octanol–water partition coefficient (Wildman–Crippen LogP) is 4.22. The molecule has 0 bridgehead atoms. The average Bonchev–Trinajstić information content (AvgIpc) is 3.24. The van der Waals surface area contributed by atoms with Gasteiger partial charge in [-0.05, 0) is 55.5 Å². The van der Waals surface area contributed by atoms with Crippen molar-refractivity contribution in [1.29, 1.82) is 0 Å². The SMILES string of the molecule is COC(=O)CCCn1c(-c2ccc(Cl)cc2)nc2sc3c(c2c1=O)CCC3. The smallest absolute Gasteiger partial charge is 0.305 e. The van der Waals surface area contributed by atoms with Crippen molar-refractivity contribution in [3.8, 4) is 11.4 Å². The molecular formula is C20H19ClN2O3S. The molecule has 3 aromatic rings. The van der Waals surface area contributed by atoms with E-state index in [9.17, 15) is 9.59 Å². The number of aryl methyl sites for hydroxylation is 2. The van der Waals surface area contributed by atoms with E-state index in [1.165, 1.54) is 12.0 Å². The molecule has 0 unspecified atom stereocenters. The third kappa shape index (κ3) is 3.39. The molecular weight excluding hydrogens is 384 g/mol. The van der Waals surface area contributed by atoms with Gasteiger partial charge in [-0.3, -0.25) is 14.2 Å². The second-order valence-electron chi connectivity index (χ2n) is 6.62. The van der Waals surface area contributed by atoms with Crippen molar-refractivity contribution >= 4 is 39.1 Å². The molecule has 0 saturated carbocycles.